The molecule has 1 aliphatic rings. The zero-order valence-corrected chi connectivity index (χ0v) is 12.8. The maximum atomic E-state index is 11.9. The van der Waals surface area contributed by atoms with Crippen LogP contribution in [0.2, 0.25) is 0 Å². The fourth-order valence-corrected chi connectivity index (χ4v) is 2.81. The predicted octanol–water partition coefficient (Wildman–Crippen LogP) is 3.78. The molecule has 3 N–H and O–H groups in total. The number of hydrogen-bond acceptors (Lipinski definition) is 2. The predicted molar refractivity (Wildman–Crippen MR) is 86.2 cm³/mol. The van der Waals surface area contributed by atoms with Gasteiger partial charge in [0.25, 0.3) is 5.91 Å². The van der Waals surface area contributed by atoms with E-state index in [0.29, 0.717) is 11.3 Å². The van der Waals surface area contributed by atoms with E-state index in [1.54, 1.807) is 24.3 Å². The lowest BCUT2D eigenvalue weighted by Crippen LogP contribution is -2.25. The van der Waals surface area contributed by atoms with Gasteiger partial charge >= 0.3 is 0 Å². The average Bonchev–Trinajstić information content (AvgIpc) is 2.45. The summed E-state index contributed by atoms with van der Waals surface area (Å²) in [5.74, 6) is 0.894. The first kappa shape index (κ1) is 16.8. The third kappa shape index (κ3) is 5.41. The van der Waals surface area contributed by atoms with Crippen molar-refractivity contribution in [2.45, 2.75) is 44.9 Å². The summed E-state index contributed by atoms with van der Waals surface area (Å²) in [4.78, 5) is 11.9. The lowest BCUT2D eigenvalue weighted by atomic mass is 9.86. The second-order valence-corrected chi connectivity index (χ2v) is 5.52. The van der Waals surface area contributed by atoms with Crippen molar-refractivity contribution in [1.82, 2.24) is 5.32 Å². The van der Waals surface area contributed by atoms with Crippen molar-refractivity contribution in [1.29, 1.82) is 0 Å². The highest BCUT2D eigenvalue weighted by Crippen LogP contribution is 2.26. The van der Waals surface area contributed by atoms with Gasteiger partial charge in [0.1, 0.15) is 0 Å². The number of nitrogens with two attached hydrogens (primary N) is 1. The molecule has 2 rings (SSSR count). The first-order valence-electron chi connectivity index (χ1n) is 7.39. The number of nitrogen functional groups attached to an aromatic ring is 1. The molecular formula is C16H25ClN2O. The van der Waals surface area contributed by atoms with Crippen molar-refractivity contribution in [3.63, 3.8) is 0 Å². The van der Waals surface area contributed by atoms with Crippen LogP contribution in [-0.4, -0.2) is 12.5 Å². The molecule has 0 bridgehead atoms. The second-order valence-electron chi connectivity index (χ2n) is 5.52. The Hall–Kier alpha value is -1.22. The van der Waals surface area contributed by atoms with Gasteiger partial charge in [0, 0.05) is 17.8 Å². The summed E-state index contributed by atoms with van der Waals surface area (Å²) < 4.78 is 0. The first-order chi connectivity index (χ1) is 9.25. The van der Waals surface area contributed by atoms with Gasteiger partial charge < -0.3 is 11.1 Å². The first-order valence-corrected chi connectivity index (χ1v) is 7.39. The minimum atomic E-state index is 0. The summed E-state index contributed by atoms with van der Waals surface area (Å²) in [5.41, 5.74) is 6.98. The molecule has 1 aliphatic carbocycles. The number of carbonyl (C=O) groups excluding carboxylic acids is 1. The number of anilines is 1. The molecule has 1 aromatic rings. The van der Waals surface area contributed by atoms with Gasteiger partial charge in [-0.25, -0.2) is 0 Å². The molecule has 0 atom stereocenters. The Bertz CT molecular complexity index is 399. The van der Waals surface area contributed by atoms with Crippen LogP contribution in [0.3, 0.4) is 0 Å². The van der Waals surface area contributed by atoms with Crippen LogP contribution in [-0.2, 0) is 0 Å². The molecular weight excluding hydrogens is 272 g/mol. The average molecular weight is 297 g/mol. The molecule has 0 saturated heterocycles. The van der Waals surface area contributed by atoms with Crippen molar-refractivity contribution >= 4 is 24.0 Å². The van der Waals surface area contributed by atoms with E-state index in [1.807, 2.05) is 0 Å². The number of nitrogens with one attached hydrogen (secondary N) is 1. The molecule has 1 saturated carbocycles. The van der Waals surface area contributed by atoms with Crippen LogP contribution < -0.4 is 11.1 Å². The molecule has 0 heterocycles. The largest absolute Gasteiger partial charge is 0.399 e. The normalized spacial score (nSPS) is 15.4. The van der Waals surface area contributed by atoms with Crippen molar-refractivity contribution < 1.29 is 4.79 Å². The van der Waals surface area contributed by atoms with E-state index in [9.17, 15) is 4.79 Å². The molecule has 0 spiro atoms. The van der Waals surface area contributed by atoms with Crippen molar-refractivity contribution in [3.05, 3.63) is 29.8 Å². The van der Waals surface area contributed by atoms with Crippen molar-refractivity contribution in [3.8, 4) is 0 Å². The molecule has 0 radical (unpaired) electrons. The van der Waals surface area contributed by atoms with Gasteiger partial charge in [-0.2, -0.15) is 0 Å². The Labute approximate surface area is 127 Å². The smallest absolute Gasteiger partial charge is 0.251 e. The molecule has 20 heavy (non-hydrogen) atoms. The van der Waals surface area contributed by atoms with E-state index in [2.05, 4.69) is 5.32 Å². The van der Waals surface area contributed by atoms with Gasteiger partial charge in [0.2, 0.25) is 0 Å². The summed E-state index contributed by atoms with van der Waals surface area (Å²) in [5, 5.41) is 2.98. The van der Waals surface area contributed by atoms with Crippen LogP contribution in [0.15, 0.2) is 24.3 Å². The van der Waals surface area contributed by atoms with Gasteiger partial charge in [0.05, 0.1) is 0 Å². The van der Waals surface area contributed by atoms with Crippen LogP contribution in [0.1, 0.15) is 55.3 Å². The highest BCUT2D eigenvalue weighted by atomic mass is 35.5. The minimum absolute atomic E-state index is 0. The monoisotopic (exact) mass is 296 g/mol. The third-order valence-corrected chi connectivity index (χ3v) is 3.97. The van der Waals surface area contributed by atoms with E-state index >= 15 is 0 Å². The number of hydrogen-bond donors (Lipinski definition) is 2. The Morgan fingerprint density at radius 2 is 1.80 bits per heavy atom. The zero-order valence-electron chi connectivity index (χ0n) is 11.9. The maximum absolute atomic E-state index is 11.9. The molecule has 1 fully saturated rings. The van der Waals surface area contributed by atoms with Gasteiger partial charge in [-0.3, -0.25) is 4.79 Å². The topological polar surface area (TPSA) is 55.1 Å². The molecule has 0 unspecified atom stereocenters. The molecule has 1 aromatic carbocycles. The van der Waals surface area contributed by atoms with Gasteiger partial charge in [0.15, 0.2) is 0 Å². The Balaban J connectivity index is 0.00000200. The number of amides is 1. The van der Waals surface area contributed by atoms with Gasteiger partial charge in [-0.15, -0.1) is 12.4 Å². The number of halogens is 1. The van der Waals surface area contributed by atoms with E-state index in [0.717, 1.165) is 18.9 Å². The molecule has 0 aliphatic heterocycles. The number of carbonyl (C=O) groups is 1. The zero-order chi connectivity index (χ0) is 13.5. The van der Waals surface area contributed by atoms with Crippen molar-refractivity contribution in [2.75, 3.05) is 12.3 Å². The van der Waals surface area contributed by atoms with Crippen LogP contribution in [0.5, 0.6) is 0 Å². The summed E-state index contributed by atoms with van der Waals surface area (Å²) in [6.07, 6.45) is 9.29. The SMILES string of the molecule is Cl.Nc1ccc(C(=O)NCCCC2CCCCC2)cc1. The van der Waals surface area contributed by atoms with Crippen LogP contribution in [0.25, 0.3) is 0 Å². The van der Waals surface area contributed by atoms with Gasteiger partial charge in [-0.05, 0) is 43.0 Å². The van der Waals surface area contributed by atoms with Crippen molar-refractivity contribution in [2.24, 2.45) is 5.92 Å². The highest BCUT2D eigenvalue weighted by Gasteiger charge is 2.12. The van der Waals surface area contributed by atoms with Gasteiger partial charge in [-0.1, -0.05) is 32.1 Å². The van der Waals surface area contributed by atoms with E-state index < -0.39 is 0 Å². The Kier molecular flexibility index (Phi) is 7.45. The summed E-state index contributed by atoms with van der Waals surface area (Å²) >= 11 is 0. The van der Waals surface area contributed by atoms with Crippen LogP contribution in [0.4, 0.5) is 5.69 Å². The lowest BCUT2D eigenvalue weighted by molar-refractivity contribution is 0.0952. The molecule has 112 valence electrons. The molecule has 4 heteroatoms. The molecule has 0 aromatic heterocycles. The van der Waals surface area contributed by atoms with E-state index in [-0.39, 0.29) is 18.3 Å². The molecule has 3 nitrogen and oxygen atoms in total. The number of benzene rings is 1. The fourth-order valence-electron chi connectivity index (χ4n) is 2.81. The standard InChI is InChI=1S/C16H24N2O.ClH/c17-15-10-8-14(9-11-15)16(19)18-12-4-7-13-5-2-1-3-6-13;/h8-11,13H,1-7,12,17H2,(H,18,19);1H. The second kappa shape index (κ2) is 8.85. The summed E-state index contributed by atoms with van der Waals surface area (Å²) in [6, 6.07) is 7.06. The summed E-state index contributed by atoms with van der Waals surface area (Å²) in [7, 11) is 0. The third-order valence-electron chi connectivity index (χ3n) is 3.97. The van der Waals surface area contributed by atoms with E-state index in [1.165, 1.54) is 38.5 Å². The summed E-state index contributed by atoms with van der Waals surface area (Å²) in [6.45, 7) is 0.777. The van der Waals surface area contributed by atoms with E-state index in [4.69, 9.17) is 5.73 Å². The van der Waals surface area contributed by atoms with Crippen LogP contribution in [0, 0.1) is 5.92 Å². The molecule has 1 amide bonds. The lowest BCUT2D eigenvalue weighted by Gasteiger charge is -2.21. The Morgan fingerprint density at radius 1 is 1.15 bits per heavy atom. The minimum Gasteiger partial charge on any atom is -0.399 e. The maximum Gasteiger partial charge on any atom is 0.251 e. The van der Waals surface area contributed by atoms with Crippen LogP contribution >= 0.6 is 12.4 Å². The Morgan fingerprint density at radius 3 is 2.45 bits per heavy atom. The quantitative estimate of drug-likeness (QED) is 0.642. The number of rotatable bonds is 5. The fraction of sp³-hybridized carbons (Fsp3) is 0.562. The highest BCUT2D eigenvalue weighted by molar-refractivity contribution is 5.94.